The minimum atomic E-state index is -1.06. The number of hydrogen-bond donors (Lipinski definition) is 3. The highest BCUT2D eigenvalue weighted by molar-refractivity contribution is 5.86. The van der Waals surface area contributed by atoms with Crippen LogP contribution < -0.4 is 14.8 Å². The third kappa shape index (κ3) is 4.87. The van der Waals surface area contributed by atoms with E-state index in [2.05, 4.69) is 10.3 Å². The molecule has 0 aliphatic heterocycles. The fourth-order valence-corrected chi connectivity index (χ4v) is 3.28. The van der Waals surface area contributed by atoms with Gasteiger partial charge in [0.05, 0.1) is 14.2 Å². The van der Waals surface area contributed by atoms with E-state index in [0.717, 1.165) is 22.0 Å². The predicted octanol–water partition coefficient (Wildman–Crippen LogP) is 2.93. The summed E-state index contributed by atoms with van der Waals surface area (Å²) in [6, 6.07) is 12.1. The third-order valence-electron chi connectivity index (χ3n) is 4.82. The normalized spacial score (nSPS) is 11.8. The molecule has 0 saturated carbocycles. The molecule has 3 N–H and O–H groups in total. The lowest BCUT2D eigenvalue weighted by Gasteiger charge is -2.14. The van der Waals surface area contributed by atoms with E-state index in [-0.39, 0.29) is 18.7 Å². The van der Waals surface area contributed by atoms with Gasteiger partial charge in [-0.15, -0.1) is 0 Å². The van der Waals surface area contributed by atoms with Crippen LogP contribution in [0.1, 0.15) is 17.5 Å². The van der Waals surface area contributed by atoms with Gasteiger partial charge in [-0.05, 0) is 35.7 Å². The van der Waals surface area contributed by atoms with E-state index < -0.39 is 12.0 Å². The molecule has 29 heavy (non-hydrogen) atoms. The second kappa shape index (κ2) is 9.14. The van der Waals surface area contributed by atoms with Crippen LogP contribution in [0.2, 0.25) is 0 Å². The van der Waals surface area contributed by atoms with Gasteiger partial charge >= 0.3 is 5.97 Å². The Bertz CT molecular complexity index is 1010. The topological polar surface area (TPSA) is 101 Å². The molecule has 1 aromatic heterocycles. The minimum Gasteiger partial charge on any atom is -0.493 e. The summed E-state index contributed by atoms with van der Waals surface area (Å²) in [6.45, 7) is 0. The summed E-state index contributed by atoms with van der Waals surface area (Å²) in [4.78, 5) is 27.2. The number of aromatic amines is 1. The highest BCUT2D eigenvalue weighted by Crippen LogP contribution is 2.28. The van der Waals surface area contributed by atoms with Crippen molar-refractivity contribution in [2.45, 2.75) is 25.3 Å². The zero-order valence-electron chi connectivity index (χ0n) is 16.4. The van der Waals surface area contributed by atoms with Gasteiger partial charge < -0.3 is 24.9 Å². The summed E-state index contributed by atoms with van der Waals surface area (Å²) in [7, 11) is 3.11. The van der Waals surface area contributed by atoms with Crippen molar-refractivity contribution in [2.75, 3.05) is 14.2 Å². The Hall–Kier alpha value is -3.48. The monoisotopic (exact) mass is 396 g/mol. The van der Waals surface area contributed by atoms with Crippen molar-refractivity contribution in [3.63, 3.8) is 0 Å². The number of aromatic nitrogens is 1. The molecule has 0 spiro atoms. The summed E-state index contributed by atoms with van der Waals surface area (Å²) in [5.41, 5.74) is 2.70. The maximum absolute atomic E-state index is 12.4. The Balaban J connectivity index is 1.62. The SMILES string of the molecule is COc1ccc(CCC(=O)NC(Cc2c[nH]c3ccccc23)C(=O)O)cc1OC. The standard InChI is InChI=1S/C22H24N2O5/c1-28-19-9-7-14(11-20(19)29-2)8-10-21(25)24-18(22(26)27)12-15-13-23-17-6-4-3-5-16(15)17/h3-7,9,11,13,18,23H,8,10,12H2,1-2H3,(H,24,25)(H,26,27). The summed E-state index contributed by atoms with van der Waals surface area (Å²) in [6.07, 6.45) is 2.64. The number of carbonyl (C=O) groups is 2. The zero-order chi connectivity index (χ0) is 20.8. The molecule has 0 fully saturated rings. The molecule has 3 rings (SSSR count). The van der Waals surface area contributed by atoms with Crippen molar-refractivity contribution in [2.24, 2.45) is 0 Å². The van der Waals surface area contributed by atoms with E-state index >= 15 is 0 Å². The number of H-pyrrole nitrogens is 1. The summed E-state index contributed by atoms with van der Waals surface area (Å²) < 4.78 is 10.5. The number of methoxy groups -OCH3 is 2. The average Bonchev–Trinajstić information content (AvgIpc) is 3.14. The highest BCUT2D eigenvalue weighted by Gasteiger charge is 2.21. The van der Waals surface area contributed by atoms with Crippen LogP contribution >= 0.6 is 0 Å². The molecule has 0 aliphatic rings. The fraction of sp³-hybridized carbons (Fsp3) is 0.273. The number of ether oxygens (including phenoxy) is 2. The van der Waals surface area contributed by atoms with Gasteiger partial charge in [-0.2, -0.15) is 0 Å². The summed E-state index contributed by atoms with van der Waals surface area (Å²) in [5.74, 6) is -0.166. The first-order valence-electron chi connectivity index (χ1n) is 9.30. The second-order valence-electron chi connectivity index (χ2n) is 6.71. The van der Waals surface area contributed by atoms with Gasteiger partial charge in [-0.1, -0.05) is 24.3 Å². The lowest BCUT2D eigenvalue weighted by Crippen LogP contribution is -2.42. The Morgan fingerprint density at radius 2 is 1.86 bits per heavy atom. The van der Waals surface area contributed by atoms with Crippen molar-refractivity contribution < 1.29 is 24.2 Å². The van der Waals surface area contributed by atoms with E-state index in [1.165, 1.54) is 0 Å². The van der Waals surface area contributed by atoms with E-state index in [1.807, 2.05) is 36.4 Å². The van der Waals surface area contributed by atoms with Gasteiger partial charge in [-0.3, -0.25) is 4.79 Å². The molecule has 0 aliphatic carbocycles. The van der Waals surface area contributed by atoms with Crippen LogP contribution in [0.4, 0.5) is 0 Å². The number of para-hydroxylation sites is 1. The van der Waals surface area contributed by atoms with Crippen LogP contribution in [-0.4, -0.2) is 42.2 Å². The number of aryl methyl sites for hydroxylation is 1. The predicted molar refractivity (Wildman–Crippen MR) is 109 cm³/mol. The van der Waals surface area contributed by atoms with Crippen LogP contribution in [0, 0.1) is 0 Å². The van der Waals surface area contributed by atoms with Crippen LogP contribution in [0.15, 0.2) is 48.7 Å². The Morgan fingerprint density at radius 3 is 2.59 bits per heavy atom. The molecule has 0 saturated heterocycles. The van der Waals surface area contributed by atoms with Crippen LogP contribution in [-0.2, 0) is 22.4 Å². The fourth-order valence-electron chi connectivity index (χ4n) is 3.28. The van der Waals surface area contributed by atoms with E-state index in [0.29, 0.717) is 17.9 Å². The van der Waals surface area contributed by atoms with Crippen LogP contribution in [0.25, 0.3) is 10.9 Å². The second-order valence-corrected chi connectivity index (χ2v) is 6.71. The minimum absolute atomic E-state index is 0.174. The lowest BCUT2D eigenvalue weighted by atomic mass is 10.0. The molecular weight excluding hydrogens is 372 g/mol. The zero-order valence-corrected chi connectivity index (χ0v) is 16.4. The molecule has 2 aromatic carbocycles. The van der Waals surface area contributed by atoms with Crippen LogP contribution in [0.3, 0.4) is 0 Å². The van der Waals surface area contributed by atoms with Gasteiger partial charge in [0.1, 0.15) is 6.04 Å². The van der Waals surface area contributed by atoms with Crippen molar-refractivity contribution in [3.05, 3.63) is 59.8 Å². The lowest BCUT2D eigenvalue weighted by molar-refractivity contribution is -0.141. The largest absolute Gasteiger partial charge is 0.493 e. The molecule has 1 atom stereocenters. The first-order valence-corrected chi connectivity index (χ1v) is 9.30. The Labute approximate surface area is 168 Å². The number of fused-ring (bicyclic) bond motifs is 1. The number of rotatable bonds is 9. The van der Waals surface area contributed by atoms with E-state index in [1.54, 1.807) is 26.5 Å². The number of hydrogen-bond acceptors (Lipinski definition) is 4. The Kier molecular flexibility index (Phi) is 6.39. The molecule has 7 nitrogen and oxygen atoms in total. The number of nitrogens with one attached hydrogen (secondary N) is 2. The molecule has 3 aromatic rings. The number of aliphatic carboxylic acids is 1. The molecule has 1 amide bonds. The number of carboxylic acids is 1. The maximum atomic E-state index is 12.4. The molecule has 7 heteroatoms. The van der Waals surface area contributed by atoms with Crippen molar-refractivity contribution in [1.82, 2.24) is 10.3 Å². The summed E-state index contributed by atoms with van der Waals surface area (Å²) >= 11 is 0. The number of carbonyl (C=O) groups excluding carboxylic acids is 1. The van der Waals surface area contributed by atoms with Gasteiger partial charge in [0.25, 0.3) is 0 Å². The van der Waals surface area contributed by atoms with E-state index in [4.69, 9.17) is 9.47 Å². The molecule has 0 radical (unpaired) electrons. The first kappa shape index (κ1) is 20.3. The molecule has 1 heterocycles. The van der Waals surface area contributed by atoms with Crippen molar-refractivity contribution in [1.29, 1.82) is 0 Å². The molecule has 1 unspecified atom stereocenters. The number of amides is 1. The first-order chi connectivity index (χ1) is 14.0. The third-order valence-corrected chi connectivity index (χ3v) is 4.82. The smallest absolute Gasteiger partial charge is 0.326 e. The maximum Gasteiger partial charge on any atom is 0.326 e. The van der Waals surface area contributed by atoms with Crippen LogP contribution in [0.5, 0.6) is 11.5 Å². The quantitative estimate of drug-likeness (QED) is 0.516. The Morgan fingerprint density at radius 1 is 1.10 bits per heavy atom. The van der Waals surface area contributed by atoms with Crippen molar-refractivity contribution >= 4 is 22.8 Å². The van der Waals surface area contributed by atoms with Crippen molar-refractivity contribution in [3.8, 4) is 11.5 Å². The average molecular weight is 396 g/mol. The molecule has 0 bridgehead atoms. The molecular formula is C22H24N2O5. The molecule has 152 valence electrons. The summed E-state index contributed by atoms with van der Waals surface area (Å²) in [5, 5.41) is 13.1. The van der Waals surface area contributed by atoms with Gasteiger partial charge in [0, 0.05) is 29.9 Å². The number of carboxylic acid groups (broad SMARTS) is 1. The highest BCUT2D eigenvalue weighted by atomic mass is 16.5. The van der Waals surface area contributed by atoms with Gasteiger partial charge in [0.15, 0.2) is 11.5 Å². The van der Waals surface area contributed by atoms with E-state index in [9.17, 15) is 14.7 Å². The van der Waals surface area contributed by atoms with Gasteiger partial charge in [-0.25, -0.2) is 4.79 Å². The number of benzene rings is 2. The van der Waals surface area contributed by atoms with Gasteiger partial charge in [0.2, 0.25) is 5.91 Å².